The van der Waals surface area contributed by atoms with Gasteiger partial charge in [0.05, 0.1) is 37.4 Å². The highest BCUT2D eigenvalue weighted by Crippen LogP contribution is 2.26. The Balaban J connectivity index is 1.41. The van der Waals surface area contributed by atoms with Gasteiger partial charge in [-0.05, 0) is 54.8 Å². The number of rotatable bonds is 5. The lowest BCUT2D eigenvalue weighted by Crippen LogP contribution is -3.17. The highest BCUT2D eigenvalue weighted by atomic mass is 16.5. The van der Waals surface area contributed by atoms with Crippen molar-refractivity contribution in [3.8, 4) is 0 Å². The fourth-order valence-electron chi connectivity index (χ4n) is 4.49. The van der Waals surface area contributed by atoms with Crippen molar-refractivity contribution in [1.82, 2.24) is 4.98 Å². The van der Waals surface area contributed by atoms with Crippen molar-refractivity contribution < 1.29 is 24.0 Å². The largest absolute Gasteiger partial charge is 0.462 e. The van der Waals surface area contributed by atoms with E-state index >= 15 is 0 Å². The number of aromatic nitrogens is 1. The third kappa shape index (κ3) is 3.98. The molecule has 3 heterocycles. The van der Waals surface area contributed by atoms with Crippen LogP contribution >= 0.6 is 0 Å². The first kappa shape index (κ1) is 20.2. The molecule has 156 valence electrons. The summed E-state index contributed by atoms with van der Waals surface area (Å²) in [5, 5.41) is 0. The van der Waals surface area contributed by atoms with E-state index in [-0.39, 0.29) is 24.3 Å². The number of hydrogen-bond donors (Lipinski definition) is 1. The van der Waals surface area contributed by atoms with Crippen LogP contribution in [0.1, 0.15) is 48.0 Å². The number of imide groups is 1. The second-order valence-corrected chi connectivity index (χ2v) is 7.80. The molecule has 2 saturated heterocycles. The standard InChI is InChI=1S/C23H25N3O4/c1-2-30-23(29)18-3-5-19(6-4-18)26-21(27)15-20(22(26)28)25-13-9-17(10-14-25)16-7-11-24-12-8-16/h3-8,11-12,17,20H,2,9-10,13-15H2,1H3/p+1/t20-/m0/s1. The predicted octanol–water partition coefficient (Wildman–Crippen LogP) is 1.35. The molecule has 1 atom stereocenters. The monoisotopic (exact) mass is 408 g/mol. The Kier molecular flexibility index (Phi) is 5.90. The summed E-state index contributed by atoms with van der Waals surface area (Å²) < 4.78 is 4.98. The number of likely N-dealkylation sites (tertiary alicyclic amines) is 1. The summed E-state index contributed by atoms with van der Waals surface area (Å²) in [6.45, 7) is 3.78. The number of hydrogen-bond acceptors (Lipinski definition) is 5. The molecular weight excluding hydrogens is 382 g/mol. The summed E-state index contributed by atoms with van der Waals surface area (Å²) in [5.41, 5.74) is 2.20. The molecule has 0 aliphatic carbocycles. The molecule has 1 aromatic heterocycles. The van der Waals surface area contributed by atoms with Gasteiger partial charge >= 0.3 is 5.97 Å². The van der Waals surface area contributed by atoms with Gasteiger partial charge in [-0.15, -0.1) is 0 Å². The van der Waals surface area contributed by atoms with Crippen LogP contribution in [0.4, 0.5) is 5.69 Å². The molecule has 1 aromatic carbocycles. The van der Waals surface area contributed by atoms with Gasteiger partial charge in [0.15, 0.2) is 6.04 Å². The molecule has 7 nitrogen and oxygen atoms in total. The molecule has 30 heavy (non-hydrogen) atoms. The smallest absolute Gasteiger partial charge is 0.338 e. The third-order valence-corrected chi connectivity index (χ3v) is 6.08. The van der Waals surface area contributed by atoms with Crippen molar-refractivity contribution in [3.63, 3.8) is 0 Å². The van der Waals surface area contributed by atoms with Crippen LogP contribution in [0.3, 0.4) is 0 Å². The van der Waals surface area contributed by atoms with Crippen LogP contribution in [0.25, 0.3) is 0 Å². The zero-order valence-electron chi connectivity index (χ0n) is 17.0. The van der Waals surface area contributed by atoms with Gasteiger partial charge in [0.2, 0.25) is 5.91 Å². The average molecular weight is 408 g/mol. The molecule has 2 amide bonds. The summed E-state index contributed by atoms with van der Waals surface area (Å²) in [7, 11) is 0. The van der Waals surface area contributed by atoms with Gasteiger partial charge in [-0.1, -0.05) is 0 Å². The number of benzene rings is 1. The summed E-state index contributed by atoms with van der Waals surface area (Å²) >= 11 is 0. The van der Waals surface area contributed by atoms with Crippen LogP contribution in [-0.4, -0.2) is 48.5 Å². The van der Waals surface area contributed by atoms with Gasteiger partial charge in [-0.3, -0.25) is 14.6 Å². The van der Waals surface area contributed by atoms with Crippen molar-refractivity contribution in [1.29, 1.82) is 0 Å². The van der Waals surface area contributed by atoms with Gasteiger partial charge in [-0.25, -0.2) is 9.69 Å². The maximum Gasteiger partial charge on any atom is 0.338 e. The maximum atomic E-state index is 13.1. The van der Waals surface area contributed by atoms with Crippen molar-refractivity contribution in [2.24, 2.45) is 0 Å². The SMILES string of the molecule is CCOC(=O)c1ccc(N2C(=O)C[C@H]([NH+]3CCC(c4ccncc4)CC3)C2=O)cc1. The van der Waals surface area contributed by atoms with E-state index in [1.807, 2.05) is 12.4 Å². The molecule has 2 aliphatic heterocycles. The Bertz CT molecular complexity index is 921. The van der Waals surface area contributed by atoms with E-state index in [2.05, 4.69) is 17.1 Å². The average Bonchev–Trinajstić information content (AvgIpc) is 3.08. The van der Waals surface area contributed by atoms with E-state index < -0.39 is 5.97 Å². The van der Waals surface area contributed by atoms with Gasteiger partial charge in [0, 0.05) is 25.2 Å². The molecular formula is C23H26N3O4+. The van der Waals surface area contributed by atoms with Gasteiger partial charge in [0.25, 0.3) is 5.91 Å². The van der Waals surface area contributed by atoms with Gasteiger partial charge in [0.1, 0.15) is 0 Å². The lowest BCUT2D eigenvalue weighted by atomic mass is 9.89. The van der Waals surface area contributed by atoms with Crippen LogP contribution in [-0.2, 0) is 14.3 Å². The fraction of sp³-hybridized carbons (Fsp3) is 0.391. The van der Waals surface area contributed by atoms with Gasteiger partial charge < -0.3 is 9.64 Å². The van der Waals surface area contributed by atoms with Gasteiger partial charge in [-0.2, -0.15) is 0 Å². The van der Waals surface area contributed by atoms with E-state index in [1.54, 1.807) is 31.2 Å². The Labute approximate surface area is 175 Å². The number of carbonyl (C=O) groups is 3. The second-order valence-electron chi connectivity index (χ2n) is 7.80. The number of esters is 1. The summed E-state index contributed by atoms with van der Waals surface area (Å²) in [4.78, 5) is 44.1. The Hall–Kier alpha value is -3.06. The number of anilines is 1. The summed E-state index contributed by atoms with van der Waals surface area (Å²) in [6, 6.07) is 10.2. The predicted molar refractivity (Wildman–Crippen MR) is 110 cm³/mol. The number of pyridine rings is 1. The first-order valence-electron chi connectivity index (χ1n) is 10.5. The van der Waals surface area contributed by atoms with Crippen molar-refractivity contribution in [3.05, 3.63) is 59.9 Å². The minimum atomic E-state index is -0.414. The number of carbonyl (C=O) groups excluding carboxylic acids is 3. The summed E-state index contributed by atoms with van der Waals surface area (Å²) in [6.07, 6.45) is 5.85. The number of piperidine rings is 1. The number of nitrogens with one attached hydrogen (secondary N) is 1. The van der Waals surface area contributed by atoms with Crippen LogP contribution in [0.15, 0.2) is 48.8 Å². The van der Waals surface area contributed by atoms with Crippen LogP contribution < -0.4 is 9.80 Å². The zero-order valence-corrected chi connectivity index (χ0v) is 17.0. The maximum absolute atomic E-state index is 13.1. The topological polar surface area (TPSA) is 81.0 Å². The molecule has 1 N–H and O–H groups in total. The van der Waals surface area contributed by atoms with Crippen LogP contribution in [0.2, 0.25) is 0 Å². The number of quaternary nitrogens is 1. The highest BCUT2D eigenvalue weighted by Gasteiger charge is 2.46. The van der Waals surface area contributed by atoms with Crippen molar-refractivity contribution >= 4 is 23.5 Å². The molecule has 4 rings (SSSR count). The minimum Gasteiger partial charge on any atom is -0.462 e. The van der Waals surface area contributed by atoms with E-state index in [1.165, 1.54) is 15.4 Å². The van der Waals surface area contributed by atoms with E-state index in [9.17, 15) is 14.4 Å². The number of ether oxygens (including phenoxy) is 1. The summed E-state index contributed by atoms with van der Waals surface area (Å²) in [5.74, 6) is -0.267. The first-order valence-corrected chi connectivity index (χ1v) is 10.5. The molecule has 0 radical (unpaired) electrons. The molecule has 0 spiro atoms. The van der Waals surface area contributed by atoms with E-state index in [4.69, 9.17) is 4.74 Å². The van der Waals surface area contributed by atoms with Crippen molar-refractivity contribution in [2.45, 2.75) is 38.1 Å². The molecule has 0 saturated carbocycles. The molecule has 0 unspecified atom stereocenters. The highest BCUT2D eigenvalue weighted by molar-refractivity contribution is 6.22. The normalized spacial score (nSPS) is 24.2. The Morgan fingerprint density at radius 2 is 1.77 bits per heavy atom. The number of amides is 2. The fourth-order valence-corrected chi connectivity index (χ4v) is 4.49. The molecule has 2 aromatic rings. The molecule has 2 fully saturated rings. The third-order valence-electron chi connectivity index (χ3n) is 6.08. The lowest BCUT2D eigenvalue weighted by molar-refractivity contribution is -0.920. The van der Waals surface area contributed by atoms with E-state index in [0.717, 1.165) is 25.9 Å². The quantitative estimate of drug-likeness (QED) is 0.597. The number of nitrogens with zero attached hydrogens (tertiary/aromatic N) is 2. The van der Waals surface area contributed by atoms with Crippen LogP contribution in [0, 0.1) is 0 Å². The second kappa shape index (κ2) is 8.75. The molecule has 0 bridgehead atoms. The van der Waals surface area contributed by atoms with E-state index in [0.29, 0.717) is 23.8 Å². The molecule has 2 aliphatic rings. The zero-order chi connectivity index (χ0) is 21.1. The Morgan fingerprint density at radius 1 is 1.10 bits per heavy atom. The van der Waals surface area contributed by atoms with Crippen LogP contribution in [0.5, 0.6) is 0 Å². The first-order chi connectivity index (χ1) is 14.6. The lowest BCUT2D eigenvalue weighted by Gasteiger charge is -2.32. The Morgan fingerprint density at radius 3 is 2.40 bits per heavy atom. The minimum absolute atomic E-state index is 0.152. The molecule has 7 heteroatoms. The van der Waals surface area contributed by atoms with Crippen molar-refractivity contribution in [2.75, 3.05) is 24.6 Å².